The highest BCUT2D eigenvalue weighted by Crippen LogP contribution is 2.41. The van der Waals surface area contributed by atoms with Crippen LogP contribution in [0.3, 0.4) is 0 Å². The molecule has 0 bridgehead atoms. The van der Waals surface area contributed by atoms with Crippen molar-refractivity contribution in [3.8, 4) is 0 Å². The van der Waals surface area contributed by atoms with E-state index in [9.17, 15) is 4.39 Å². The summed E-state index contributed by atoms with van der Waals surface area (Å²) in [5.41, 5.74) is 3.54. The van der Waals surface area contributed by atoms with Crippen LogP contribution in [0.1, 0.15) is 42.5 Å². The number of halogens is 1. The summed E-state index contributed by atoms with van der Waals surface area (Å²) in [7, 11) is 0. The van der Waals surface area contributed by atoms with Crippen LogP contribution < -0.4 is 5.32 Å². The molecule has 1 N–H and O–H groups in total. The van der Waals surface area contributed by atoms with Gasteiger partial charge in [-0.05, 0) is 67.1 Å². The summed E-state index contributed by atoms with van der Waals surface area (Å²) < 4.78 is 15.5. The third-order valence-electron chi connectivity index (χ3n) is 4.31. The maximum absolute atomic E-state index is 13.4. The number of nitrogens with one attached hydrogen (secondary N) is 1. The predicted octanol–water partition coefficient (Wildman–Crippen LogP) is 4.04. The summed E-state index contributed by atoms with van der Waals surface area (Å²) in [6.45, 7) is 5.91. The maximum Gasteiger partial charge on any atom is 0.123 e. The smallest absolute Gasteiger partial charge is 0.123 e. The van der Waals surface area contributed by atoms with Crippen LogP contribution in [-0.4, -0.2) is 11.1 Å². The fraction of sp³-hybridized carbons (Fsp3) is 0.444. The van der Waals surface area contributed by atoms with Gasteiger partial charge in [-0.3, -0.25) is 0 Å². The molecular weight excluding hydrogens is 263 g/mol. The zero-order valence-corrected chi connectivity index (χ0v) is 12.8. The standard InChI is InChI=1S/C18H23FN2/c1-3-20-18(14-5-6-14)15-8-9-21(11-15)12-16-10-17(19)7-4-13(16)2/h4,7-11,14,18,20H,3,5-6,12H2,1-2H3. The first-order valence-corrected chi connectivity index (χ1v) is 7.81. The van der Waals surface area contributed by atoms with Crippen LogP contribution in [0, 0.1) is 18.7 Å². The van der Waals surface area contributed by atoms with E-state index < -0.39 is 0 Å². The van der Waals surface area contributed by atoms with Gasteiger partial charge in [-0.25, -0.2) is 4.39 Å². The van der Waals surface area contributed by atoms with E-state index in [1.54, 1.807) is 6.07 Å². The van der Waals surface area contributed by atoms with Crippen molar-refractivity contribution in [1.29, 1.82) is 0 Å². The minimum atomic E-state index is -0.161. The Morgan fingerprint density at radius 3 is 2.86 bits per heavy atom. The lowest BCUT2D eigenvalue weighted by atomic mass is 10.1. The van der Waals surface area contributed by atoms with Crippen LogP contribution in [0.15, 0.2) is 36.7 Å². The molecule has 1 aliphatic carbocycles. The molecule has 112 valence electrons. The summed E-state index contributed by atoms with van der Waals surface area (Å²) in [5.74, 6) is 0.628. The highest BCUT2D eigenvalue weighted by molar-refractivity contribution is 5.28. The normalized spacial score (nSPS) is 16.1. The first-order valence-electron chi connectivity index (χ1n) is 7.81. The topological polar surface area (TPSA) is 17.0 Å². The number of aryl methyl sites for hydroxylation is 1. The quantitative estimate of drug-likeness (QED) is 0.848. The summed E-state index contributed by atoms with van der Waals surface area (Å²) in [5, 5.41) is 3.59. The molecule has 1 unspecified atom stereocenters. The second-order valence-electron chi connectivity index (χ2n) is 6.06. The Hall–Kier alpha value is -1.61. The molecule has 2 aromatic rings. The van der Waals surface area contributed by atoms with Crippen LogP contribution in [0.4, 0.5) is 4.39 Å². The van der Waals surface area contributed by atoms with Gasteiger partial charge in [0.05, 0.1) is 0 Å². The van der Waals surface area contributed by atoms with Crippen molar-refractivity contribution in [1.82, 2.24) is 9.88 Å². The Balaban J connectivity index is 1.76. The van der Waals surface area contributed by atoms with E-state index in [0.29, 0.717) is 6.04 Å². The molecule has 21 heavy (non-hydrogen) atoms. The number of aromatic nitrogens is 1. The van der Waals surface area contributed by atoms with Crippen molar-refractivity contribution in [2.45, 2.75) is 39.3 Å². The van der Waals surface area contributed by atoms with Gasteiger partial charge in [-0.1, -0.05) is 13.0 Å². The van der Waals surface area contributed by atoms with E-state index in [0.717, 1.165) is 30.1 Å². The van der Waals surface area contributed by atoms with Gasteiger partial charge in [0.2, 0.25) is 0 Å². The Morgan fingerprint density at radius 1 is 1.33 bits per heavy atom. The number of rotatable bonds is 6. The third kappa shape index (κ3) is 3.35. The molecule has 1 aliphatic rings. The van der Waals surface area contributed by atoms with Gasteiger partial charge in [0.1, 0.15) is 5.82 Å². The zero-order chi connectivity index (χ0) is 14.8. The lowest BCUT2D eigenvalue weighted by molar-refractivity contribution is 0.495. The molecule has 1 aromatic carbocycles. The van der Waals surface area contributed by atoms with Crippen LogP contribution >= 0.6 is 0 Å². The highest BCUT2D eigenvalue weighted by Gasteiger charge is 2.31. The van der Waals surface area contributed by atoms with Crippen molar-refractivity contribution < 1.29 is 4.39 Å². The average molecular weight is 286 g/mol. The molecule has 0 amide bonds. The van der Waals surface area contributed by atoms with Crippen molar-refractivity contribution >= 4 is 0 Å². The van der Waals surface area contributed by atoms with Crippen LogP contribution in [0.5, 0.6) is 0 Å². The van der Waals surface area contributed by atoms with E-state index in [1.807, 2.05) is 13.0 Å². The minimum Gasteiger partial charge on any atom is -0.350 e. The van der Waals surface area contributed by atoms with Gasteiger partial charge in [0, 0.05) is 25.0 Å². The Bertz CT molecular complexity index is 613. The number of hydrogen-bond donors (Lipinski definition) is 1. The Labute approximate surface area is 126 Å². The second kappa shape index (κ2) is 6.02. The van der Waals surface area contributed by atoms with Gasteiger partial charge >= 0.3 is 0 Å². The third-order valence-corrected chi connectivity index (χ3v) is 4.31. The molecule has 1 fully saturated rings. The number of benzene rings is 1. The minimum absolute atomic E-state index is 0.161. The number of nitrogens with zero attached hydrogens (tertiary/aromatic N) is 1. The molecule has 1 heterocycles. The zero-order valence-electron chi connectivity index (χ0n) is 12.8. The molecule has 3 heteroatoms. The van der Waals surface area contributed by atoms with Gasteiger partial charge < -0.3 is 9.88 Å². The highest BCUT2D eigenvalue weighted by atomic mass is 19.1. The van der Waals surface area contributed by atoms with Gasteiger partial charge in [-0.15, -0.1) is 0 Å². The van der Waals surface area contributed by atoms with Crippen LogP contribution in [0.2, 0.25) is 0 Å². The molecule has 1 atom stereocenters. The molecule has 2 nitrogen and oxygen atoms in total. The fourth-order valence-corrected chi connectivity index (χ4v) is 2.95. The molecule has 0 saturated heterocycles. The van der Waals surface area contributed by atoms with Crippen LogP contribution in [0.25, 0.3) is 0 Å². The molecular formula is C18H23FN2. The van der Waals surface area contributed by atoms with Gasteiger partial charge in [0.25, 0.3) is 0 Å². The van der Waals surface area contributed by atoms with E-state index in [4.69, 9.17) is 0 Å². The van der Waals surface area contributed by atoms with E-state index in [1.165, 1.54) is 24.5 Å². The van der Waals surface area contributed by atoms with Crippen molar-refractivity contribution in [2.75, 3.05) is 6.54 Å². The summed E-state index contributed by atoms with van der Waals surface area (Å²) in [4.78, 5) is 0. The second-order valence-corrected chi connectivity index (χ2v) is 6.06. The Morgan fingerprint density at radius 2 is 2.14 bits per heavy atom. The monoisotopic (exact) mass is 286 g/mol. The lowest BCUT2D eigenvalue weighted by Gasteiger charge is -2.15. The number of hydrogen-bond acceptors (Lipinski definition) is 1. The first kappa shape index (κ1) is 14.3. The SMILES string of the molecule is CCNC(c1ccn(Cc2cc(F)ccc2C)c1)C1CC1. The van der Waals surface area contributed by atoms with Crippen molar-refractivity contribution in [2.24, 2.45) is 5.92 Å². The molecule has 0 spiro atoms. The predicted molar refractivity (Wildman–Crippen MR) is 83.8 cm³/mol. The fourth-order valence-electron chi connectivity index (χ4n) is 2.95. The van der Waals surface area contributed by atoms with Crippen molar-refractivity contribution in [3.05, 3.63) is 59.2 Å². The summed E-state index contributed by atoms with van der Waals surface area (Å²) in [6.07, 6.45) is 6.96. The van der Waals surface area contributed by atoms with Crippen LogP contribution in [-0.2, 0) is 6.54 Å². The summed E-state index contributed by atoms with van der Waals surface area (Å²) in [6, 6.07) is 7.68. The summed E-state index contributed by atoms with van der Waals surface area (Å²) >= 11 is 0. The van der Waals surface area contributed by atoms with E-state index in [-0.39, 0.29) is 5.82 Å². The molecule has 1 aromatic heterocycles. The maximum atomic E-state index is 13.4. The largest absolute Gasteiger partial charge is 0.350 e. The molecule has 0 radical (unpaired) electrons. The Kier molecular flexibility index (Phi) is 4.11. The van der Waals surface area contributed by atoms with Crippen molar-refractivity contribution in [3.63, 3.8) is 0 Å². The van der Waals surface area contributed by atoms with Gasteiger partial charge in [-0.2, -0.15) is 0 Å². The van der Waals surface area contributed by atoms with E-state index >= 15 is 0 Å². The average Bonchev–Trinajstić information content (AvgIpc) is 3.20. The molecule has 1 saturated carbocycles. The van der Waals surface area contributed by atoms with E-state index in [2.05, 4.69) is 35.3 Å². The lowest BCUT2D eigenvalue weighted by Crippen LogP contribution is -2.22. The van der Waals surface area contributed by atoms with Gasteiger partial charge in [0.15, 0.2) is 0 Å². The molecule has 3 rings (SSSR count). The molecule has 0 aliphatic heterocycles. The first-order chi connectivity index (χ1) is 10.2.